The normalized spacial score (nSPS) is 14.2. The van der Waals surface area contributed by atoms with Crippen LogP contribution in [0.5, 0.6) is 0 Å². The van der Waals surface area contributed by atoms with Crippen LogP contribution in [-0.4, -0.2) is 22.5 Å². The van der Waals surface area contributed by atoms with Gasteiger partial charge in [0.15, 0.2) is 0 Å². The Labute approximate surface area is 124 Å². The van der Waals surface area contributed by atoms with E-state index < -0.39 is 10.4 Å². The first-order chi connectivity index (χ1) is 8.32. The number of nitrogens with zero attached hydrogens (tertiary/aromatic N) is 1. The summed E-state index contributed by atoms with van der Waals surface area (Å²) < 4.78 is 11.1. The Kier molecular flexibility index (Phi) is 9.21. The lowest BCUT2D eigenvalue weighted by Gasteiger charge is -2.27. The molecule has 0 N–H and O–H groups in total. The van der Waals surface area contributed by atoms with Gasteiger partial charge in [0.1, 0.15) is 0 Å². The summed E-state index contributed by atoms with van der Waals surface area (Å²) in [7, 11) is 0. The van der Waals surface area contributed by atoms with E-state index in [-0.39, 0.29) is 4.58 Å². The molecule has 0 saturated carbocycles. The largest absolute Gasteiger partial charge is 0.322 e. The Balaban J connectivity index is 4.68. The second-order valence-electron chi connectivity index (χ2n) is 3.97. The van der Waals surface area contributed by atoms with Crippen LogP contribution in [0, 0.1) is 11.3 Å². The number of hydrogen-bond acceptors (Lipinski definition) is 6. The third-order valence-electron chi connectivity index (χ3n) is 1.85. The van der Waals surface area contributed by atoms with Crippen molar-refractivity contribution in [3.63, 3.8) is 0 Å². The van der Waals surface area contributed by atoms with Gasteiger partial charge in [-0.1, -0.05) is 18.3 Å². The van der Waals surface area contributed by atoms with Crippen molar-refractivity contribution in [2.75, 3.05) is 13.2 Å². The summed E-state index contributed by atoms with van der Waals surface area (Å²) in [6.07, 6.45) is 0.930. The highest BCUT2D eigenvalue weighted by Crippen LogP contribution is 2.65. The zero-order valence-corrected chi connectivity index (χ0v) is 15.0. The standard InChI is InChI=1S/C11H22NO2PS3/c1-6-10(17-11(4,5)9-12)18-15(16,13-7-2)14-8-3/h10H,6-8H2,1-5H3. The van der Waals surface area contributed by atoms with Gasteiger partial charge in [-0.3, -0.25) is 0 Å². The fourth-order valence-corrected chi connectivity index (χ4v) is 9.90. The first-order valence-electron chi connectivity index (χ1n) is 5.99. The van der Waals surface area contributed by atoms with Gasteiger partial charge < -0.3 is 9.05 Å². The lowest BCUT2D eigenvalue weighted by Crippen LogP contribution is -2.15. The molecule has 1 atom stereocenters. The monoisotopic (exact) mass is 327 g/mol. The first kappa shape index (κ1) is 18.8. The summed E-state index contributed by atoms with van der Waals surface area (Å²) in [6.45, 7) is 10.9. The molecule has 18 heavy (non-hydrogen) atoms. The smallest absolute Gasteiger partial charge is 0.248 e. The predicted molar refractivity (Wildman–Crippen MR) is 86.5 cm³/mol. The van der Waals surface area contributed by atoms with E-state index in [1.54, 1.807) is 23.1 Å². The zero-order valence-electron chi connectivity index (χ0n) is 11.6. The van der Waals surface area contributed by atoms with Gasteiger partial charge in [0.05, 0.1) is 28.6 Å². The fourth-order valence-electron chi connectivity index (χ4n) is 1.09. The Morgan fingerprint density at radius 3 is 2.11 bits per heavy atom. The van der Waals surface area contributed by atoms with E-state index in [0.717, 1.165) is 6.42 Å². The van der Waals surface area contributed by atoms with Crippen LogP contribution < -0.4 is 0 Å². The molecule has 0 aromatic rings. The molecular weight excluding hydrogens is 305 g/mol. The van der Waals surface area contributed by atoms with Crippen LogP contribution in [0.15, 0.2) is 0 Å². The van der Waals surface area contributed by atoms with E-state index in [1.165, 1.54) is 0 Å². The van der Waals surface area contributed by atoms with Gasteiger partial charge in [0.25, 0.3) is 0 Å². The molecule has 0 aliphatic carbocycles. The molecule has 0 spiro atoms. The molecule has 0 heterocycles. The van der Waals surface area contributed by atoms with E-state index in [1.807, 2.05) is 27.7 Å². The van der Waals surface area contributed by atoms with Crippen LogP contribution in [0.25, 0.3) is 0 Å². The number of hydrogen-bond donors (Lipinski definition) is 0. The molecule has 0 aliphatic rings. The lowest BCUT2D eigenvalue weighted by atomic mass is 10.2. The molecule has 0 aromatic carbocycles. The van der Waals surface area contributed by atoms with Gasteiger partial charge in [-0.25, -0.2) is 0 Å². The summed E-state index contributed by atoms with van der Waals surface area (Å²) in [5.41, 5.74) is -2.27. The molecule has 3 nitrogen and oxygen atoms in total. The number of nitriles is 1. The number of rotatable bonds is 9. The molecule has 0 fully saturated rings. The molecule has 0 aromatic heterocycles. The van der Waals surface area contributed by atoms with Crippen LogP contribution in [0.4, 0.5) is 0 Å². The van der Waals surface area contributed by atoms with E-state index in [9.17, 15) is 0 Å². The topological polar surface area (TPSA) is 42.2 Å². The second-order valence-corrected chi connectivity index (χ2v) is 12.5. The second kappa shape index (κ2) is 8.84. The third-order valence-corrected chi connectivity index (χ3v) is 9.68. The minimum absolute atomic E-state index is 0.226. The van der Waals surface area contributed by atoms with Crippen molar-refractivity contribution < 1.29 is 9.05 Å². The predicted octanol–water partition coefficient (Wildman–Crippen LogP) is 4.79. The average molecular weight is 327 g/mol. The van der Waals surface area contributed by atoms with Crippen molar-refractivity contribution >= 4 is 40.6 Å². The molecule has 0 bridgehead atoms. The highest BCUT2D eigenvalue weighted by atomic mass is 32.9. The Hall–Kier alpha value is 0.760. The number of thioether (sulfide) groups is 1. The van der Waals surface area contributed by atoms with Gasteiger partial charge in [-0.05, 0) is 45.9 Å². The highest BCUT2D eigenvalue weighted by Gasteiger charge is 2.29. The molecule has 0 radical (unpaired) electrons. The van der Waals surface area contributed by atoms with Crippen LogP contribution in [0.2, 0.25) is 0 Å². The van der Waals surface area contributed by atoms with Gasteiger partial charge >= 0.3 is 0 Å². The van der Waals surface area contributed by atoms with E-state index >= 15 is 0 Å². The fraction of sp³-hybridized carbons (Fsp3) is 0.909. The molecule has 0 rings (SSSR count). The van der Waals surface area contributed by atoms with Crippen molar-refractivity contribution in [2.24, 2.45) is 0 Å². The molecule has 106 valence electrons. The first-order valence-corrected chi connectivity index (χ1v) is 11.0. The summed E-state index contributed by atoms with van der Waals surface area (Å²) in [5.74, 6) is 0. The van der Waals surface area contributed by atoms with Crippen molar-refractivity contribution in [1.29, 1.82) is 5.26 Å². The molecule has 0 aliphatic heterocycles. The van der Waals surface area contributed by atoms with E-state index in [2.05, 4.69) is 13.0 Å². The maximum absolute atomic E-state index is 9.08. The quantitative estimate of drug-likeness (QED) is 0.448. The molecule has 7 heteroatoms. The summed E-state index contributed by atoms with van der Waals surface area (Å²) in [5, 5.41) is 9.08. The molecular formula is C11H22NO2PS3. The molecule has 1 unspecified atom stereocenters. The Morgan fingerprint density at radius 1 is 1.28 bits per heavy atom. The SMILES string of the molecule is CCOP(=S)(OCC)SC(CC)SC(C)(C)C#N. The maximum Gasteiger partial charge on any atom is 0.248 e. The van der Waals surface area contributed by atoms with E-state index in [4.69, 9.17) is 26.1 Å². The van der Waals surface area contributed by atoms with Crippen LogP contribution in [0.1, 0.15) is 41.0 Å². The van der Waals surface area contributed by atoms with E-state index in [0.29, 0.717) is 13.2 Å². The van der Waals surface area contributed by atoms with Gasteiger partial charge in [0.2, 0.25) is 5.69 Å². The molecule has 0 saturated heterocycles. The third kappa shape index (κ3) is 7.37. The van der Waals surface area contributed by atoms with Crippen LogP contribution in [0.3, 0.4) is 0 Å². The van der Waals surface area contributed by atoms with Crippen LogP contribution >= 0.6 is 28.8 Å². The van der Waals surface area contributed by atoms with Crippen molar-refractivity contribution in [1.82, 2.24) is 0 Å². The molecule has 0 amide bonds. The maximum atomic E-state index is 9.08. The van der Waals surface area contributed by atoms with Crippen molar-refractivity contribution in [2.45, 2.75) is 50.4 Å². The van der Waals surface area contributed by atoms with Gasteiger partial charge in [0, 0.05) is 0 Å². The minimum atomic E-state index is -2.27. The Bertz CT molecular complexity index is 321. The van der Waals surface area contributed by atoms with Gasteiger partial charge in [-0.15, -0.1) is 11.8 Å². The lowest BCUT2D eigenvalue weighted by molar-refractivity contribution is 0.280. The van der Waals surface area contributed by atoms with Crippen molar-refractivity contribution in [3.05, 3.63) is 0 Å². The summed E-state index contributed by atoms with van der Waals surface area (Å²) >= 11 is 8.71. The van der Waals surface area contributed by atoms with Crippen LogP contribution in [-0.2, 0) is 20.9 Å². The zero-order chi connectivity index (χ0) is 14.2. The van der Waals surface area contributed by atoms with Gasteiger partial charge in [-0.2, -0.15) is 5.26 Å². The Morgan fingerprint density at radius 2 is 1.78 bits per heavy atom. The summed E-state index contributed by atoms with van der Waals surface area (Å²) in [4.78, 5) is 0. The van der Waals surface area contributed by atoms with Crippen molar-refractivity contribution in [3.8, 4) is 6.07 Å². The highest BCUT2D eigenvalue weighted by molar-refractivity contribution is 8.69. The minimum Gasteiger partial charge on any atom is -0.322 e. The summed E-state index contributed by atoms with van der Waals surface area (Å²) in [6, 6.07) is 2.30. The average Bonchev–Trinajstić information content (AvgIpc) is 2.28.